The first-order valence-corrected chi connectivity index (χ1v) is 11.0. The maximum Gasteiger partial charge on any atom is 0.266 e. The van der Waals surface area contributed by atoms with Crippen molar-refractivity contribution in [2.24, 2.45) is 0 Å². The minimum absolute atomic E-state index is 0.0856. The standard InChI is InChI=1S/C22H28N8O/c1-16-15-17(2)30(25-16)20-5-6-21(31)29(26-20)14-11-27-9-12-28(13-10-27)19-7-8-23-22(24-19)18-3-4-18/h5-8,15,18H,3-4,9-14H2,1-2H3. The molecule has 1 aliphatic carbocycles. The van der Waals surface area contributed by atoms with E-state index in [1.807, 2.05) is 32.2 Å². The summed E-state index contributed by atoms with van der Waals surface area (Å²) in [6, 6.07) is 7.31. The molecule has 31 heavy (non-hydrogen) atoms. The number of anilines is 1. The molecule has 2 fully saturated rings. The van der Waals surface area contributed by atoms with Crippen molar-refractivity contribution in [2.45, 2.75) is 39.2 Å². The fourth-order valence-corrected chi connectivity index (χ4v) is 4.09. The smallest absolute Gasteiger partial charge is 0.266 e. The summed E-state index contributed by atoms with van der Waals surface area (Å²) in [5, 5.41) is 9.02. The summed E-state index contributed by atoms with van der Waals surface area (Å²) >= 11 is 0. The average Bonchev–Trinajstić information content (AvgIpc) is 3.58. The molecule has 2 aliphatic rings. The van der Waals surface area contributed by atoms with Crippen LogP contribution in [0.1, 0.15) is 36.0 Å². The van der Waals surface area contributed by atoms with Gasteiger partial charge in [0.1, 0.15) is 11.6 Å². The van der Waals surface area contributed by atoms with Crippen molar-refractivity contribution in [1.29, 1.82) is 0 Å². The molecule has 0 N–H and O–H groups in total. The van der Waals surface area contributed by atoms with Crippen molar-refractivity contribution in [2.75, 3.05) is 37.6 Å². The van der Waals surface area contributed by atoms with E-state index in [0.717, 1.165) is 55.8 Å². The van der Waals surface area contributed by atoms with E-state index in [4.69, 9.17) is 4.98 Å². The van der Waals surface area contributed by atoms with Crippen molar-refractivity contribution in [3.63, 3.8) is 0 Å². The van der Waals surface area contributed by atoms with Gasteiger partial charge in [-0.15, -0.1) is 5.10 Å². The lowest BCUT2D eigenvalue weighted by Gasteiger charge is -2.35. The molecular weight excluding hydrogens is 392 g/mol. The zero-order valence-electron chi connectivity index (χ0n) is 18.1. The SMILES string of the molecule is Cc1cc(C)n(-c2ccc(=O)n(CCN3CCN(c4ccnc(C5CC5)n4)CC3)n2)n1. The molecule has 3 aromatic rings. The topological polar surface area (TPSA) is 85.0 Å². The molecule has 1 saturated carbocycles. The van der Waals surface area contributed by atoms with E-state index in [2.05, 4.69) is 25.0 Å². The van der Waals surface area contributed by atoms with Gasteiger partial charge in [-0.25, -0.2) is 19.3 Å². The lowest BCUT2D eigenvalue weighted by molar-refractivity contribution is 0.242. The minimum atomic E-state index is -0.0856. The molecule has 5 rings (SSSR count). The monoisotopic (exact) mass is 420 g/mol. The Balaban J connectivity index is 1.20. The van der Waals surface area contributed by atoms with Crippen LogP contribution < -0.4 is 10.5 Å². The van der Waals surface area contributed by atoms with Crippen LogP contribution in [0.5, 0.6) is 0 Å². The summed E-state index contributed by atoms with van der Waals surface area (Å²) in [5.74, 6) is 3.27. The molecule has 162 valence electrons. The third kappa shape index (κ3) is 4.36. The van der Waals surface area contributed by atoms with Gasteiger partial charge in [0.25, 0.3) is 5.56 Å². The van der Waals surface area contributed by atoms with Crippen LogP contribution in [0.25, 0.3) is 5.82 Å². The summed E-state index contributed by atoms with van der Waals surface area (Å²) in [6.45, 7) is 9.02. The molecule has 9 heteroatoms. The Bertz CT molecular complexity index is 1120. The lowest BCUT2D eigenvalue weighted by Crippen LogP contribution is -2.48. The Kier molecular flexibility index (Phi) is 5.27. The molecule has 0 aromatic carbocycles. The molecule has 0 bridgehead atoms. The van der Waals surface area contributed by atoms with E-state index in [1.165, 1.54) is 12.8 Å². The van der Waals surface area contributed by atoms with Crippen molar-refractivity contribution in [3.8, 4) is 5.82 Å². The zero-order chi connectivity index (χ0) is 21.4. The molecule has 9 nitrogen and oxygen atoms in total. The molecule has 0 spiro atoms. The number of nitrogens with zero attached hydrogens (tertiary/aromatic N) is 8. The number of aryl methyl sites for hydroxylation is 2. The Hall–Kier alpha value is -3.07. The van der Waals surface area contributed by atoms with Gasteiger partial charge in [-0.3, -0.25) is 9.69 Å². The Labute approximate surface area is 181 Å². The number of hydrogen-bond donors (Lipinski definition) is 0. The molecule has 0 radical (unpaired) electrons. The van der Waals surface area contributed by atoms with Gasteiger partial charge in [0, 0.05) is 56.6 Å². The van der Waals surface area contributed by atoms with Crippen molar-refractivity contribution >= 4 is 5.82 Å². The average molecular weight is 421 g/mol. The molecule has 1 aliphatic heterocycles. The number of hydrogen-bond acceptors (Lipinski definition) is 7. The Morgan fingerprint density at radius 2 is 1.77 bits per heavy atom. The second kappa shape index (κ2) is 8.22. The van der Waals surface area contributed by atoms with Crippen LogP contribution in [0.15, 0.2) is 35.3 Å². The predicted molar refractivity (Wildman–Crippen MR) is 118 cm³/mol. The molecule has 4 heterocycles. The van der Waals surface area contributed by atoms with Crippen LogP contribution in [0.2, 0.25) is 0 Å². The van der Waals surface area contributed by atoms with Gasteiger partial charge in [-0.05, 0) is 44.9 Å². The molecular formula is C22H28N8O. The highest BCUT2D eigenvalue weighted by Gasteiger charge is 2.27. The van der Waals surface area contributed by atoms with Crippen molar-refractivity contribution in [1.82, 2.24) is 34.4 Å². The quantitative estimate of drug-likeness (QED) is 0.598. The normalized spacial score (nSPS) is 17.3. The molecule has 0 amide bonds. The first-order chi connectivity index (χ1) is 15.1. The first-order valence-electron chi connectivity index (χ1n) is 11.0. The van der Waals surface area contributed by atoms with Crippen molar-refractivity contribution in [3.05, 3.63) is 58.0 Å². The van der Waals surface area contributed by atoms with Crippen molar-refractivity contribution < 1.29 is 0 Å². The van der Waals surface area contributed by atoms with Gasteiger partial charge in [0.15, 0.2) is 5.82 Å². The summed E-state index contributed by atoms with van der Waals surface area (Å²) in [4.78, 5) is 26.2. The van der Waals surface area contributed by atoms with Gasteiger partial charge < -0.3 is 4.90 Å². The highest BCUT2D eigenvalue weighted by atomic mass is 16.1. The highest BCUT2D eigenvalue weighted by Crippen LogP contribution is 2.38. The summed E-state index contributed by atoms with van der Waals surface area (Å²) in [7, 11) is 0. The fraction of sp³-hybridized carbons (Fsp3) is 0.500. The maximum atomic E-state index is 12.3. The fourth-order valence-electron chi connectivity index (χ4n) is 4.09. The largest absolute Gasteiger partial charge is 0.354 e. The predicted octanol–water partition coefficient (Wildman–Crippen LogP) is 1.54. The highest BCUT2D eigenvalue weighted by molar-refractivity contribution is 5.38. The second-order valence-corrected chi connectivity index (χ2v) is 8.47. The van der Waals surface area contributed by atoms with Gasteiger partial charge >= 0.3 is 0 Å². The van der Waals surface area contributed by atoms with E-state index in [-0.39, 0.29) is 5.56 Å². The van der Waals surface area contributed by atoms with E-state index in [9.17, 15) is 4.79 Å². The Morgan fingerprint density at radius 1 is 0.968 bits per heavy atom. The van der Waals surface area contributed by atoms with Gasteiger partial charge in [-0.2, -0.15) is 5.10 Å². The lowest BCUT2D eigenvalue weighted by atomic mass is 10.3. The van der Waals surface area contributed by atoms with E-state index >= 15 is 0 Å². The van der Waals surface area contributed by atoms with E-state index in [0.29, 0.717) is 18.3 Å². The van der Waals surface area contributed by atoms with Gasteiger partial charge in [-0.1, -0.05) is 0 Å². The first kappa shape index (κ1) is 19.9. The van der Waals surface area contributed by atoms with Crippen LogP contribution in [-0.2, 0) is 6.54 Å². The minimum Gasteiger partial charge on any atom is -0.354 e. The number of rotatable bonds is 6. The Morgan fingerprint density at radius 3 is 2.48 bits per heavy atom. The third-order valence-corrected chi connectivity index (χ3v) is 6.01. The van der Waals surface area contributed by atoms with E-state index < -0.39 is 0 Å². The van der Waals surface area contributed by atoms with Crippen LogP contribution in [0, 0.1) is 13.8 Å². The molecule has 0 atom stereocenters. The van der Waals surface area contributed by atoms with E-state index in [1.54, 1.807) is 21.5 Å². The summed E-state index contributed by atoms with van der Waals surface area (Å²) < 4.78 is 3.33. The van der Waals surface area contributed by atoms with Crippen LogP contribution in [0.3, 0.4) is 0 Å². The maximum absolute atomic E-state index is 12.3. The van der Waals surface area contributed by atoms with Crippen LogP contribution >= 0.6 is 0 Å². The van der Waals surface area contributed by atoms with Gasteiger partial charge in [0.2, 0.25) is 0 Å². The van der Waals surface area contributed by atoms with Crippen LogP contribution in [-0.4, -0.2) is 67.2 Å². The number of piperazine rings is 1. The molecule has 3 aromatic heterocycles. The number of aromatic nitrogens is 6. The van der Waals surface area contributed by atoms with Gasteiger partial charge in [0.05, 0.1) is 12.2 Å². The summed E-state index contributed by atoms with van der Waals surface area (Å²) in [5.41, 5.74) is 1.85. The third-order valence-electron chi connectivity index (χ3n) is 6.01. The summed E-state index contributed by atoms with van der Waals surface area (Å²) in [6.07, 6.45) is 4.31. The van der Waals surface area contributed by atoms with Crippen LogP contribution in [0.4, 0.5) is 5.82 Å². The molecule has 1 saturated heterocycles. The zero-order valence-corrected chi connectivity index (χ0v) is 18.1. The second-order valence-electron chi connectivity index (χ2n) is 8.47. The molecule has 0 unspecified atom stereocenters.